The lowest BCUT2D eigenvalue weighted by molar-refractivity contribution is -0.0221. The highest BCUT2D eigenvalue weighted by Gasteiger charge is 2.35. The molecule has 104 valence electrons. The van der Waals surface area contributed by atoms with Crippen molar-refractivity contribution in [2.24, 2.45) is 0 Å². The van der Waals surface area contributed by atoms with Crippen LogP contribution in [0.1, 0.15) is 23.3 Å². The fourth-order valence-corrected chi connectivity index (χ4v) is 2.37. The van der Waals surface area contributed by atoms with Gasteiger partial charge in [-0.15, -0.1) is 0 Å². The van der Waals surface area contributed by atoms with Gasteiger partial charge in [0.05, 0.1) is 13.3 Å². The van der Waals surface area contributed by atoms with E-state index >= 15 is 0 Å². The van der Waals surface area contributed by atoms with Crippen LogP contribution in [-0.2, 0) is 4.74 Å². The average Bonchev–Trinajstić information content (AvgIpc) is 2.38. The van der Waals surface area contributed by atoms with E-state index in [1.807, 2.05) is 0 Å². The number of esters is 1. The van der Waals surface area contributed by atoms with Gasteiger partial charge in [0.25, 0.3) is 5.92 Å². The number of methoxy groups -OCH3 is 1. The van der Waals surface area contributed by atoms with Crippen molar-refractivity contribution in [3.05, 3.63) is 16.5 Å². The molecule has 0 aromatic carbocycles. The molecule has 1 aromatic heterocycles. The lowest BCUT2D eigenvalue weighted by Gasteiger charge is -2.32. The zero-order chi connectivity index (χ0) is 14.0. The molecule has 1 aliphatic rings. The van der Waals surface area contributed by atoms with Crippen LogP contribution in [0, 0.1) is 0 Å². The molecule has 0 N–H and O–H groups in total. The Balaban J connectivity index is 2.16. The van der Waals surface area contributed by atoms with Crippen molar-refractivity contribution in [2.45, 2.75) is 18.8 Å². The topological polar surface area (TPSA) is 55.3 Å². The van der Waals surface area contributed by atoms with Crippen molar-refractivity contribution in [1.82, 2.24) is 9.97 Å². The average molecular weight is 336 g/mol. The molecule has 1 fully saturated rings. The summed E-state index contributed by atoms with van der Waals surface area (Å²) in [5, 5.41) is 0. The fourth-order valence-electron chi connectivity index (χ4n) is 1.82. The third-order valence-corrected chi connectivity index (χ3v) is 3.43. The van der Waals surface area contributed by atoms with Crippen molar-refractivity contribution in [1.29, 1.82) is 0 Å². The van der Waals surface area contributed by atoms with E-state index in [4.69, 9.17) is 0 Å². The molecule has 2 heterocycles. The second-order valence-electron chi connectivity index (χ2n) is 4.20. The summed E-state index contributed by atoms with van der Waals surface area (Å²) in [5.74, 6) is -2.74. The van der Waals surface area contributed by atoms with Crippen molar-refractivity contribution in [3.63, 3.8) is 0 Å². The van der Waals surface area contributed by atoms with E-state index in [1.54, 1.807) is 4.90 Å². The molecule has 2 rings (SSSR count). The summed E-state index contributed by atoms with van der Waals surface area (Å²) in [6, 6.07) is 0. The summed E-state index contributed by atoms with van der Waals surface area (Å²) in [4.78, 5) is 21.1. The fraction of sp³-hybridized carbons (Fsp3) is 0.545. The summed E-state index contributed by atoms with van der Waals surface area (Å²) in [5.41, 5.74) is 0.0699. The normalized spacial score (nSPS) is 18.2. The number of nitrogens with zero attached hydrogens (tertiary/aromatic N) is 3. The van der Waals surface area contributed by atoms with Gasteiger partial charge in [-0.1, -0.05) is 0 Å². The predicted octanol–water partition coefficient (Wildman–Crippen LogP) is 2.26. The Morgan fingerprint density at radius 2 is 2.11 bits per heavy atom. The van der Waals surface area contributed by atoms with Gasteiger partial charge in [-0.25, -0.2) is 23.5 Å². The van der Waals surface area contributed by atoms with Gasteiger partial charge in [0.2, 0.25) is 0 Å². The zero-order valence-corrected chi connectivity index (χ0v) is 11.8. The number of rotatable bonds is 2. The molecule has 0 aliphatic carbocycles. The molecule has 1 aromatic rings. The molecule has 0 spiro atoms. The molecular weight excluding hydrogens is 324 g/mol. The summed E-state index contributed by atoms with van der Waals surface area (Å²) in [7, 11) is 1.25. The molecule has 0 unspecified atom stereocenters. The van der Waals surface area contributed by atoms with Gasteiger partial charge in [-0.3, -0.25) is 0 Å². The molecule has 1 saturated heterocycles. The highest BCUT2D eigenvalue weighted by molar-refractivity contribution is 9.10. The first-order valence-corrected chi connectivity index (χ1v) is 6.46. The Hall–Kier alpha value is -1.31. The number of hydrogen-bond acceptors (Lipinski definition) is 5. The van der Waals surface area contributed by atoms with Crippen LogP contribution in [0.25, 0.3) is 0 Å². The number of hydrogen-bond donors (Lipinski definition) is 0. The van der Waals surface area contributed by atoms with Gasteiger partial charge < -0.3 is 9.64 Å². The first kappa shape index (κ1) is 14.1. The number of alkyl halides is 2. The first-order chi connectivity index (χ1) is 8.93. The highest BCUT2D eigenvalue weighted by atomic mass is 79.9. The van der Waals surface area contributed by atoms with Crippen LogP contribution < -0.4 is 4.90 Å². The smallest absolute Gasteiger partial charge is 0.358 e. The van der Waals surface area contributed by atoms with Crippen molar-refractivity contribution in [3.8, 4) is 0 Å². The maximum absolute atomic E-state index is 13.1. The SMILES string of the molecule is COC(=O)c1cnc(N2CCC(F)(F)CC2)c(Br)n1. The molecular formula is C11H12BrF2N3O2. The molecule has 0 saturated carbocycles. The van der Waals surface area contributed by atoms with Gasteiger partial charge in [0.15, 0.2) is 11.5 Å². The Bertz CT molecular complexity index is 489. The Kier molecular flexibility index (Phi) is 3.98. The zero-order valence-electron chi connectivity index (χ0n) is 10.2. The van der Waals surface area contributed by atoms with E-state index < -0.39 is 11.9 Å². The van der Waals surface area contributed by atoms with E-state index in [1.165, 1.54) is 13.3 Å². The Morgan fingerprint density at radius 3 is 2.63 bits per heavy atom. The molecule has 8 heteroatoms. The number of anilines is 1. The third-order valence-electron chi connectivity index (χ3n) is 2.90. The molecule has 0 amide bonds. The number of carbonyl (C=O) groups is 1. The van der Waals surface area contributed by atoms with Crippen LogP contribution in [0.3, 0.4) is 0 Å². The summed E-state index contributed by atoms with van der Waals surface area (Å²) < 4.78 is 31.0. The molecule has 0 bridgehead atoms. The van der Waals surface area contributed by atoms with Gasteiger partial charge in [0.1, 0.15) is 4.60 Å². The maximum atomic E-state index is 13.1. The number of carbonyl (C=O) groups excluding carboxylic acids is 1. The second-order valence-corrected chi connectivity index (χ2v) is 4.96. The van der Waals surface area contributed by atoms with Crippen LogP contribution in [-0.4, -0.2) is 42.1 Å². The molecule has 0 radical (unpaired) electrons. The summed E-state index contributed by atoms with van der Waals surface area (Å²) >= 11 is 3.20. The van der Waals surface area contributed by atoms with E-state index in [-0.39, 0.29) is 31.6 Å². The van der Waals surface area contributed by atoms with E-state index in [2.05, 4.69) is 30.6 Å². The second kappa shape index (κ2) is 5.36. The standard InChI is InChI=1S/C11H12BrF2N3O2/c1-19-10(18)7-6-15-9(8(12)16-7)17-4-2-11(13,14)3-5-17/h6H,2-5H2,1H3. The minimum absolute atomic E-state index is 0.0699. The Morgan fingerprint density at radius 1 is 1.47 bits per heavy atom. The maximum Gasteiger partial charge on any atom is 0.358 e. The largest absolute Gasteiger partial charge is 0.464 e. The van der Waals surface area contributed by atoms with Crippen LogP contribution in [0.4, 0.5) is 14.6 Å². The van der Waals surface area contributed by atoms with Crippen LogP contribution in [0.15, 0.2) is 10.8 Å². The summed E-state index contributed by atoms with van der Waals surface area (Å²) in [6.45, 7) is 0.412. The quantitative estimate of drug-likeness (QED) is 0.776. The van der Waals surface area contributed by atoms with E-state index in [9.17, 15) is 13.6 Å². The Labute approximate surface area is 117 Å². The molecule has 1 aliphatic heterocycles. The minimum Gasteiger partial charge on any atom is -0.464 e. The van der Waals surface area contributed by atoms with Gasteiger partial charge in [-0.2, -0.15) is 0 Å². The monoisotopic (exact) mass is 335 g/mol. The molecule has 5 nitrogen and oxygen atoms in total. The lowest BCUT2D eigenvalue weighted by atomic mass is 10.1. The van der Waals surface area contributed by atoms with Crippen molar-refractivity contribution < 1.29 is 18.3 Å². The molecule has 19 heavy (non-hydrogen) atoms. The van der Waals surface area contributed by atoms with Gasteiger partial charge in [0, 0.05) is 25.9 Å². The van der Waals surface area contributed by atoms with Gasteiger partial charge in [-0.05, 0) is 15.9 Å². The van der Waals surface area contributed by atoms with Gasteiger partial charge >= 0.3 is 5.97 Å². The number of piperidine rings is 1. The van der Waals surface area contributed by atoms with Crippen LogP contribution in [0.2, 0.25) is 0 Å². The number of halogens is 3. The predicted molar refractivity (Wildman–Crippen MR) is 67.5 cm³/mol. The third kappa shape index (κ3) is 3.17. The number of aromatic nitrogens is 2. The van der Waals surface area contributed by atoms with E-state index in [0.29, 0.717) is 10.4 Å². The first-order valence-electron chi connectivity index (χ1n) is 5.66. The number of ether oxygens (including phenoxy) is 1. The van der Waals surface area contributed by atoms with Crippen LogP contribution in [0.5, 0.6) is 0 Å². The minimum atomic E-state index is -2.61. The summed E-state index contributed by atoms with van der Waals surface area (Å²) in [6.07, 6.45) is 0.860. The van der Waals surface area contributed by atoms with E-state index in [0.717, 1.165) is 0 Å². The lowest BCUT2D eigenvalue weighted by Crippen LogP contribution is -2.40. The van der Waals surface area contributed by atoms with Crippen molar-refractivity contribution >= 4 is 27.7 Å². The van der Waals surface area contributed by atoms with Crippen LogP contribution >= 0.6 is 15.9 Å². The van der Waals surface area contributed by atoms with Crippen molar-refractivity contribution in [2.75, 3.05) is 25.1 Å². The highest BCUT2D eigenvalue weighted by Crippen LogP contribution is 2.31. The molecule has 0 atom stereocenters.